The molecule has 2 amide bonds. The van der Waals surface area contributed by atoms with Gasteiger partial charge in [0.1, 0.15) is 0 Å². The molecule has 20 heavy (non-hydrogen) atoms. The van der Waals surface area contributed by atoms with Gasteiger partial charge in [-0.2, -0.15) is 0 Å². The Balaban J connectivity index is 0.00000200. The minimum Gasteiger partial charge on any atom is -0.326 e. The maximum absolute atomic E-state index is 11.8. The molecule has 0 unspecified atom stereocenters. The summed E-state index contributed by atoms with van der Waals surface area (Å²) < 4.78 is 0. The van der Waals surface area contributed by atoms with E-state index in [1.165, 1.54) is 0 Å². The van der Waals surface area contributed by atoms with Gasteiger partial charge >= 0.3 is 6.03 Å². The topological polar surface area (TPSA) is 67.1 Å². The number of carbonyl (C=O) groups excluding carboxylic acids is 1. The van der Waals surface area contributed by atoms with Crippen LogP contribution >= 0.6 is 24.0 Å². The summed E-state index contributed by atoms with van der Waals surface area (Å²) in [7, 11) is 0. The average molecular weight is 312 g/mol. The molecule has 0 saturated heterocycles. The summed E-state index contributed by atoms with van der Waals surface area (Å²) >= 11 is 5.95. The predicted molar refractivity (Wildman–Crippen MR) is 85.7 cm³/mol. The summed E-state index contributed by atoms with van der Waals surface area (Å²) in [6.07, 6.45) is 0. The number of carbonyl (C=O) groups is 1. The Hall–Kier alpha value is -1.75. The molecule has 0 aliphatic rings. The third-order valence-corrected chi connectivity index (χ3v) is 2.90. The van der Waals surface area contributed by atoms with Gasteiger partial charge in [0.05, 0.1) is 10.7 Å². The number of hydrogen-bond donors (Lipinski definition) is 3. The van der Waals surface area contributed by atoms with E-state index in [2.05, 4.69) is 10.6 Å². The molecule has 2 aromatic carbocycles. The fourth-order valence-electron chi connectivity index (χ4n) is 1.57. The van der Waals surface area contributed by atoms with E-state index in [1.807, 2.05) is 12.1 Å². The van der Waals surface area contributed by atoms with E-state index in [0.29, 0.717) is 22.9 Å². The van der Waals surface area contributed by atoms with Gasteiger partial charge in [-0.1, -0.05) is 35.9 Å². The molecular weight excluding hydrogens is 297 g/mol. The van der Waals surface area contributed by atoms with Crippen molar-refractivity contribution in [2.75, 3.05) is 10.6 Å². The van der Waals surface area contributed by atoms with E-state index in [4.69, 9.17) is 17.3 Å². The standard InChI is InChI=1S/C14H14ClN3O.ClH/c15-12-3-1-2-4-13(12)18-14(19)17-11-7-5-10(9-16)6-8-11;/h1-8H,9,16H2,(H2,17,18,19);1H. The summed E-state index contributed by atoms with van der Waals surface area (Å²) in [4.78, 5) is 11.8. The first kappa shape index (κ1) is 16.3. The maximum Gasteiger partial charge on any atom is 0.323 e. The maximum atomic E-state index is 11.8. The Morgan fingerprint density at radius 1 is 1.05 bits per heavy atom. The van der Waals surface area contributed by atoms with Gasteiger partial charge in [-0.3, -0.25) is 0 Å². The van der Waals surface area contributed by atoms with Crippen molar-refractivity contribution in [3.8, 4) is 0 Å². The number of para-hydroxylation sites is 1. The highest BCUT2D eigenvalue weighted by Crippen LogP contribution is 2.20. The molecule has 6 heteroatoms. The summed E-state index contributed by atoms with van der Waals surface area (Å²) in [6, 6.07) is 14.0. The van der Waals surface area contributed by atoms with Crippen LogP contribution in [-0.2, 0) is 6.54 Å². The molecular formula is C14H15Cl2N3O. The van der Waals surface area contributed by atoms with E-state index in [9.17, 15) is 4.79 Å². The van der Waals surface area contributed by atoms with E-state index in [-0.39, 0.29) is 18.4 Å². The van der Waals surface area contributed by atoms with Crippen molar-refractivity contribution >= 4 is 41.4 Å². The van der Waals surface area contributed by atoms with Crippen molar-refractivity contribution in [2.24, 2.45) is 5.73 Å². The van der Waals surface area contributed by atoms with Crippen LogP contribution in [0.5, 0.6) is 0 Å². The van der Waals surface area contributed by atoms with Gasteiger partial charge < -0.3 is 16.4 Å². The second kappa shape index (κ2) is 7.75. The van der Waals surface area contributed by atoms with Crippen molar-refractivity contribution in [3.63, 3.8) is 0 Å². The molecule has 0 radical (unpaired) electrons. The molecule has 0 aromatic heterocycles. The molecule has 0 bridgehead atoms. The molecule has 0 aliphatic heterocycles. The van der Waals surface area contributed by atoms with Crippen LogP contribution in [0.2, 0.25) is 5.02 Å². The van der Waals surface area contributed by atoms with E-state index >= 15 is 0 Å². The van der Waals surface area contributed by atoms with Crippen molar-refractivity contribution in [1.29, 1.82) is 0 Å². The van der Waals surface area contributed by atoms with Gasteiger partial charge in [-0.05, 0) is 29.8 Å². The Labute approximate surface area is 128 Å². The van der Waals surface area contributed by atoms with Gasteiger partial charge in [0.25, 0.3) is 0 Å². The third kappa shape index (κ3) is 4.42. The lowest BCUT2D eigenvalue weighted by molar-refractivity contribution is 0.262. The fraction of sp³-hybridized carbons (Fsp3) is 0.0714. The molecule has 0 heterocycles. The number of benzene rings is 2. The number of rotatable bonds is 3. The lowest BCUT2D eigenvalue weighted by Gasteiger charge is -2.09. The lowest BCUT2D eigenvalue weighted by atomic mass is 10.2. The highest BCUT2D eigenvalue weighted by molar-refractivity contribution is 6.33. The first-order chi connectivity index (χ1) is 9.19. The number of anilines is 2. The van der Waals surface area contributed by atoms with Crippen molar-refractivity contribution in [2.45, 2.75) is 6.54 Å². The van der Waals surface area contributed by atoms with Crippen molar-refractivity contribution in [3.05, 3.63) is 59.1 Å². The monoisotopic (exact) mass is 311 g/mol. The molecule has 0 saturated carbocycles. The molecule has 0 aliphatic carbocycles. The van der Waals surface area contributed by atoms with E-state index in [1.54, 1.807) is 36.4 Å². The molecule has 4 nitrogen and oxygen atoms in total. The van der Waals surface area contributed by atoms with Crippen molar-refractivity contribution < 1.29 is 4.79 Å². The van der Waals surface area contributed by atoms with E-state index in [0.717, 1.165) is 5.56 Å². The summed E-state index contributed by atoms with van der Waals surface area (Å²) in [5.74, 6) is 0. The van der Waals surface area contributed by atoms with Crippen LogP contribution in [0, 0.1) is 0 Å². The van der Waals surface area contributed by atoms with Gasteiger partial charge in [0, 0.05) is 12.2 Å². The minimum atomic E-state index is -0.339. The predicted octanol–water partition coefficient (Wildman–Crippen LogP) is 3.86. The zero-order valence-corrected chi connectivity index (χ0v) is 12.2. The number of halogens is 2. The van der Waals surface area contributed by atoms with Crippen LogP contribution in [0.1, 0.15) is 5.56 Å². The Morgan fingerprint density at radius 3 is 2.30 bits per heavy atom. The molecule has 0 fully saturated rings. The molecule has 106 valence electrons. The number of urea groups is 1. The second-order valence-electron chi connectivity index (χ2n) is 3.96. The molecule has 2 rings (SSSR count). The van der Waals surface area contributed by atoms with Gasteiger partial charge in [-0.15, -0.1) is 12.4 Å². The van der Waals surface area contributed by atoms with Gasteiger partial charge in [0.2, 0.25) is 0 Å². The number of amides is 2. The van der Waals surface area contributed by atoms with Gasteiger partial charge in [-0.25, -0.2) is 4.79 Å². The molecule has 0 spiro atoms. The number of hydrogen-bond acceptors (Lipinski definition) is 2. The van der Waals surface area contributed by atoms with Crippen LogP contribution < -0.4 is 16.4 Å². The van der Waals surface area contributed by atoms with Crippen LogP contribution in [0.4, 0.5) is 16.2 Å². The van der Waals surface area contributed by atoms with Crippen molar-refractivity contribution in [1.82, 2.24) is 0 Å². The SMILES string of the molecule is Cl.NCc1ccc(NC(=O)Nc2ccccc2Cl)cc1. The number of nitrogens with two attached hydrogens (primary N) is 1. The fourth-order valence-corrected chi connectivity index (χ4v) is 1.75. The largest absolute Gasteiger partial charge is 0.326 e. The molecule has 0 atom stereocenters. The Kier molecular flexibility index (Phi) is 6.31. The first-order valence-electron chi connectivity index (χ1n) is 5.80. The highest BCUT2D eigenvalue weighted by atomic mass is 35.5. The van der Waals surface area contributed by atoms with Crippen LogP contribution in [0.15, 0.2) is 48.5 Å². The first-order valence-corrected chi connectivity index (χ1v) is 6.18. The van der Waals surface area contributed by atoms with Crippen LogP contribution in [0.3, 0.4) is 0 Å². The Morgan fingerprint density at radius 2 is 1.70 bits per heavy atom. The lowest BCUT2D eigenvalue weighted by Crippen LogP contribution is -2.19. The number of nitrogens with one attached hydrogen (secondary N) is 2. The van der Waals surface area contributed by atoms with E-state index < -0.39 is 0 Å². The molecule has 2 aromatic rings. The summed E-state index contributed by atoms with van der Waals surface area (Å²) in [5.41, 5.74) is 7.78. The smallest absolute Gasteiger partial charge is 0.323 e. The zero-order valence-electron chi connectivity index (χ0n) is 10.6. The molecule has 4 N–H and O–H groups in total. The van der Waals surface area contributed by atoms with Gasteiger partial charge in [0.15, 0.2) is 0 Å². The quantitative estimate of drug-likeness (QED) is 0.805. The van der Waals surface area contributed by atoms with Crippen LogP contribution in [-0.4, -0.2) is 6.03 Å². The normalized spacial score (nSPS) is 9.50. The third-order valence-electron chi connectivity index (χ3n) is 2.57. The highest BCUT2D eigenvalue weighted by Gasteiger charge is 2.05. The zero-order chi connectivity index (χ0) is 13.7. The summed E-state index contributed by atoms with van der Waals surface area (Å²) in [5, 5.41) is 5.90. The average Bonchev–Trinajstić information content (AvgIpc) is 2.42. The minimum absolute atomic E-state index is 0. The summed E-state index contributed by atoms with van der Waals surface area (Å²) in [6.45, 7) is 0.478. The van der Waals surface area contributed by atoms with Crippen LogP contribution in [0.25, 0.3) is 0 Å². The second-order valence-corrected chi connectivity index (χ2v) is 4.37. The Bertz CT molecular complexity index is 573.